The van der Waals surface area contributed by atoms with Gasteiger partial charge in [0.15, 0.2) is 5.13 Å². The van der Waals surface area contributed by atoms with Crippen molar-refractivity contribution in [2.45, 2.75) is 59.0 Å². The van der Waals surface area contributed by atoms with Crippen LogP contribution in [0.1, 0.15) is 50.6 Å². The van der Waals surface area contributed by atoms with Gasteiger partial charge in [0.25, 0.3) is 0 Å². The van der Waals surface area contributed by atoms with E-state index in [1.807, 2.05) is 11.3 Å². The maximum atomic E-state index is 4.82. The zero-order valence-corrected chi connectivity index (χ0v) is 13.5. The molecule has 2 rings (SSSR count). The van der Waals surface area contributed by atoms with Crippen LogP contribution < -0.4 is 10.2 Å². The first-order valence-electron chi connectivity index (χ1n) is 7.57. The maximum absolute atomic E-state index is 4.82. The lowest BCUT2D eigenvalue weighted by molar-refractivity contribution is 0.559. The Labute approximate surface area is 121 Å². The minimum absolute atomic E-state index is 0.729. The highest BCUT2D eigenvalue weighted by Crippen LogP contribution is 2.28. The molecule has 1 aromatic rings. The van der Waals surface area contributed by atoms with Gasteiger partial charge in [0, 0.05) is 31.1 Å². The van der Waals surface area contributed by atoms with E-state index in [9.17, 15) is 0 Å². The van der Waals surface area contributed by atoms with Gasteiger partial charge < -0.3 is 10.2 Å². The summed E-state index contributed by atoms with van der Waals surface area (Å²) >= 11 is 1.87. The lowest BCUT2D eigenvalue weighted by Gasteiger charge is -2.19. The highest BCUT2D eigenvalue weighted by Gasteiger charge is 2.21. The summed E-state index contributed by atoms with van der Waals surface area (Å²) in [5.41, 5.74) is 1.28. The van der Waals surface area contributed by atoms with Crippen LogP contribution in [-0.4, -0.2) is 24.6 Å². The average molecular weight is 281 g/mol. The van der Waals surface area contributed by atoms with Gasteiger partial charge in [-0.2, -0.15) is 0 Å². The molecule has 3 nitrogen and oxygen atoms in total. The molecule has 1 heterocycles. The molecule has 4 heteroatoms. The molecule has 0 aliphatic heterocycles. The van der Waals surface area contributed by atoms with E-state index in [4.69, 9.17) is 4.98 Å². The second kappa shape index (κ2) is 6.71. The number of hydrogen-bond donors (Lipinski definition) is 1. The molecular formula is C15H27N3S. The summed E-state index contributed by atoms with van der Waals surface area (Å²) in [6, 6.07) is 0.771. The molecule has 108 valence electrons. The van der Waals surface area contributed by atoms with Gasteiger partial charge >= 0.3 is 0 Å². The van der Waals surface area contributed by atoms with Gasteiger partial charge in [-0.25, -0.2) is 4.98 Å². The van der Waals surface area contributed by atoms with Crippen LogP contribution in [-0.2, 0) is 13.0 Å². The van der Waals surface area contributed by atoms with Gasteiger partial charge in [-0.3, -0.25) is 0 Å². The van der Waals surface area contributed by atoms with Crippen molar-refractivity contribution in [2.24, 2.45) is 5.92 Å². The molecule has 0 radical (unpaired) electrons. The molecule has 1 N–H and O–H groups in total. The van der Waals surface area contributed by atoms with Crippen LogP contribution in [0.4, 0.5) is 5.13 Å². The second-order valence-corrected chi connectivity index (χ2v) is 6.83. The number of aromatic nitrogens is 1. The molecule has 1 unspecified atom stereocenters. The molecule has 0 spiro atoms. The highest BCUT2D eigenvalue weighted by atomic mass is 32.1. The summed E-state index contributed by atoms with van der Waals surface area (Å²) in [5.74, 6) is 0.729. The van der Waals surface area contributed by atoms with E-state index in [-0.39, 0.29) is 0 Å². The average Bonchev–Trinajstić information content (AvgIpc) is 3.14. The first-order chi connectivity index (χ1) is 9.13. The fourth-order valence-electron chi connectivity index (χ4n) is 2.15. The molecule has 19 heavy (non-hydrogen) atoms. The smallest absolute Gasteiger partial charge is 0.185 e. The van der Waals surface area contributed by atoms with Crippen molar-refractivity contribution in [3.63, 3.8) is 0 Å². The van der Waals surface area contributed by atoms with E-state index >= 15 is 0 Å². The van der Waals surface area contributed by atoms with Gasteiger partial charge in [0.1, 0.15) is 0 Å². The van der Waals surface area contributed by atoms with Crippen LogP contribution in [0.5, 0.6) is 0 Å². The third-order valence-corrected chi connectivity index (χ3v) is 5.05. The monoisotopic (exact) mass is 281 g/mol. The molecular weight excluding hydrogens is 254 g/mol. The molecule has 1 saturated carbocycles. The van der Waals surface area contributed by atoms with Crippen LogP contribution >= 0.6 is 11.3 Å². The summed E-state index contributed by atoms with van der Waals surface area (Å²) in [4.78, 5) is 8.57. The van der Waals surface area contributed by atoms with Crippen LogP contribution in [0, 0.1) is 5.92 Å². The van der Waals surface area contributed by atoms with Crippen LogP contribution in [0.15, 0.2) is 0 Å². The minimum Gasteiger partial charge on any atom is -0.351 e. The van der Waals surface area contributed by atoms with Crippen molar-refractivity contribution in [1.29, 1.82) is 0 Å². The first-order valence-corrected chi connectivity index (χ1v) is 8.38. The first kappa shape index (κ1) is 14.8. The molecule has 0 amide bonds. The molecule has 1 fully saturated rings. The Morgan fingerprint density at radius 3 is 2.74 bits per heavy atom. The van der Waals surface area contributed by atoms with Crippen molar-refractivity contribution in [1.82, 2.24) is 10.3 Å². The fraction of sp³-hybridized carbons (Fsp3) is 0.800. The van der Waals surface area contributed by atoms with Gasteiger partial charge in [-0.1, -0.05) is 27.2 Å². The number of nitrogens with one attached hydrogen (secondary N) is 1. The molecule has 1 aromatic heterocycles. The number of hydrogen-bond acceptors (Lipinski definition) is 4. The normalized spacial score (nSPS) is 16.6. The number of thiazole rings is 1. The maximum Gasteiger partial charge on any atom is 0.185 e. The summed E-state index contributed by atoms with van der Waals surface area (Å²) < 4.78 is 0. The summed E-state index contributed by atoms with van der Waals surface area (Å²) in [5, 5.41) is 4.79. The lowest BCUT2D eigenvalue weighted by Crippen LogP contribution is -2.23. The Bertz CT molecular complexity index is 398. The Kier molecular flexibility index (Phi) is 5.22. The number of rotatable bonds is 8. The Balaban J connectivity index is 1.99. The molecule has 1 aliphatic rings. The predicted molar refractivity (Wildman–Crippen MR) is 84.1 cm³/mol. The van der Waals surface area contributed by atoms with Crippen molar-refractivity contribution < 1.29 is 0 Å². The number of anilines is 1. The zero-order valence-electron chi connectivity index (χ0n) is 12.7. The van der Waals surface area contributed by atoms with Crippen LogP contribution in [0.3, 0.4) is 0 Å². The number of nitrogens with zero attached hydrogens (tertiary/aromatic N) is 2. The van der Waals surface area contributed by atoms with Gasteiger partial charge in [0.05, 0.1) is 5.69 Å². The quantitative estimate of drug-likeness (QED) is 0.791. The van der Waals surface area contributed by atoms with Crippen LogP contribution in [0.25, 0.3) is 0 Å². The Hall–Kier alpha value is -0.610. The molecule has 1 aliphatic carbocycles. The Morgan fingerprint density at radius 1 is 1.42 bits per heavy atom. The SMILES string of the molecule is CCc1nc(N(C)CC(C)CC)sc1CNC1CC1. The standard InChI is InChI=1S/C15H27N3S/c1-5-11(3)10-18(4)15-17-13(6-2)14(19-15)9-16-12-7-8-12/h11-12,16H,5-10H2,1-4H3. The van der Waals surface area contributed by atoms with Gasteiger partial charge in [0.2, 0.25) is 0 Å². The molecule has 0 saturated heterocycles. The molecule has 0 aromatic carbocycles. The van der Waals surface area contributed by atoms with Crippen molar-refractivity contribution in [3.05, 3.63) is 10.6 Å². The third kappa shape index (κ3) is 4.18. The van der Waals surface area contributed by atoms with Gasteiger partial charge in [-0.15, -0.1) is 11.3 Å². The summed E-state index contributed by atoms with van der Waals surface area (Å²) in [7, 11) is 2.17. The van der Waals surface area contributed by atoms with Gasteiger partial charge in [-0.05, 0) is 25.2 Å². The molecule has 1 atom stereocenters. The predicted octanol–water partition coefficient (Wildman–Crippen LogP) is 3.44. The van der Waals surface area contributed by atoms with Crippen molar-refractivity contribution in [2.75, 3.05) is 18.5 Å². The zero-order chi connectivity index (χ0) is 13.8. The topological polar surface area (TPSA) is 28.2 Å². The van der Waals surface area contributed by atoms with E-state index < -0.39 is 0 Å². The highest BCUT2D eigenvalue weighted by molar-refractivity contribution is 7.15. The van der Waals surface area contributed by atoms with Crippen molar-refractivity contribution in [3.8, 4) is 0 Å². The van der Waals surface area contributed by atoms with E-state index in [2.05, 4.69) is 38.0 Å². The van der Waals surface area contributed by atoms with Crippen LogP contribution in [0.2, 0.25) is 0 Å². The van der Waals surface area contributed by atoms with E-state index in [1.165, 1.54) is 35.0 Å². The molecule has 0 bridgehead atoms. The van der Waals surface area contributed by atoms with Crippen molar-refractivity contribution >= 4 is 16.5 Å². The number of aryl methyl sites for hydroxylation is 1. The minimum atomic E-state index is 0.729. The second-order valence-electron chi connectivity index (χ2n) is 5.77. The third-order valence-electron chi connectivity index (χ3n) is 3.84. The fourth-order valence-corrected chi connectivity index (χ4v) is 3.22. The largest absolute Gasteiger partial charge is 0.351 e. The summed E-state index contributed by atoms with van der Waals surface area (Å²) in [6.45, 7) is 8.86. The lowest BCUT2D eigenvalue weighted by atomic mass is 10.1. The van der Waals surface area contributed by atoms with E-state index in [0.717, 1.165) is 31.5 Å². The summed E-state index contributed by atoms with van der Waals surface area (Å²) in [6.07, 6.45) is 4.96. The Morgan fingerprint density at radius 2 is 2.16 bits per heavy atom. The van der Waals surface area contributed by atoms with E-state index in [1.54, 1.807) is 0 Å². The van der Waals surface area contributed by atoms with E-state index in [0.29, 0.717) is 0 Å².